The summed E-state index contributed by atoms with van der Waals surface area (Å²) in [6.07, 6.45) is -0.263. The topological polar surface area (TPSA) is 57.2 Å². The second-order valence-electron chi connectivity index (χ2n) is 11.0. The van der Waals surface area contributed by atoms with Gasteiger partial charge in [0, 0.05) is 6.92 Å². The predicted octanol–water partition coefficient (Wildman–Crippen LogP) is 6.74. The Morgan fingerprint density at radius 2 is 1.09 bits per heavy atom. The molecule has 228 valence electrons. The standard InChI is InChI=1S/C38H41NO5/c1-3-34(41-25-30-16-8-4-9-17-30)36-38(44-28-33-22-14-7-15-23-33)37(43-27-32-20-12-6-13-21-32)35(24-39(36)29(2)40)42-26-31-18-10-5-11-19-31/h3-23,34-38H,1,24-28H2,2H3/t34-,35-,36+,37+,38+/m0/s1. The predicted molar refractivity (Wildman–Crippen MR) is 171 cm³/mol. The van der Waals surface area contributed by atoms with Crippen LogP contribution in [0, 0.1) is 0 Å². The molecule has 1 saturated heterocycles. The van der Waals surface area contributed by atoms with Gasteiger partial charge in [-0.25, -0.2) is 0 Å². The lowest BCUT2D eigenvalue weighted by atomic mass is 9.89. The van der Waals surface area contributed by atoms with Gasteiger partial charge in [0.15, 0.2) is 0 Å². The highest BCUT2D eigenvalue weighted by molar-refractivity contribution is 5.74. The first-order valence-corrected chi connectivity index (χ1v) is 15.1. The SMILES string of the molecule is C=C[C@H](OCc1ccccc1)[C@@H]1[C@@H](OCc2ccccc2)[C@H](OCc2ccccc2)[C@@H](OCc2ccccc2)CN1C(C)=O. The lowest BCUT2D eigenvalue weighted by Crippen LogP contribution is -2.67. The van der Waals surface area contributed by atoms with Crippen molar-refractivity contribution in [3.63, 3.8) is 0 Å². The summed E-state index contributed by atoms with van der Waals surface area (Å²) in [4.78, 5) is 15.1. The largest absolute Gasteiger partial charge is 0.369 e. The minimum absolute atomic E-state index is 0.0895. The number of amides is 1. The number of likely N-dealkylation sites (tertiary alicyclic amines) is 1. The molecule has 1 heterocycles. The fraction of sp³-hybridized carbons (Fsp3) is 0.289. The zero-order valence-electron chi connectivity index (χ0n) is 25.2. The molecule has 5 rings (SSSR count). The quantitative estimate of drug-likeness (QED) is 0.152. The van der Waals surface area contributed by atoms with Crippen molar-refractivity contribution >= 4 is 5.91 Å². The highest BCUT2D eigenvalue weighted by atomic mass is 16.6. The van der Waals surface area contributed by atoms with Crippen LogP contribution in [0.1, 0.15) is 29.2 Å². The van der Waals surface area contributed by atoms with E-state index >= 15 is 0 Å². The summed E-state index contributed by atoms with van der Waals surface area (Å²) in [6, 6.07) is 39.6. The number of hydrogen-bond acceptors (Lipinski definition) is 5. The molecule has 0 saturated carbocycles. The van der Waals surface area contributed by atoms with Gasteiger partial charge in [-0.2, -0.15) is 0 Å². The van der Waals surface area contributed by atoms with Crippen LogP contribution >= 0.6 is 0 Å². The van der Waals surface area contributed by atoms with Crippen molar-refractivity contribution in [3.05, 3.63) is 156 Å². The summed E-state index contributed by atoms with van der Waals surface area (Å²) in [5, 5.41) is 0. The summed E-state index contributed by atoms with van der Waals surface area (Å²) in [7, 11) is 0. The molecule has 0 unspecified atom stereocenters. The summed E-state index contributed by atoms with van der Waals surface area (Å²) in [6.45, 7) is 7.50. The Bertz CT molecular complexity index is 1420. The van der Waals surface area contributed by atoms with E-state index in [1.807, 2.05) is 126 Å². The molecule has 1 aliphatic heterocycles. The molecule has 0 N–H and O–H groups in total. The van der Waals surface area contributed by atoms with Crippen molar-refractivity contribution < 1.29 is 23.7 Å². The van der Waals surface area contributed by atoms with Gasteiger partial charge in [-0.1, -0.05) is 127 Å². The lowest BCUT2D eigenvalue weighted by molar-refractivity contribution is -0.217. The van der Waals surface area contributed by atoms with Crippen LogP contribution in [0.2, 0.25) is 0 Å². The van der Waals surface area contributed by atoms with Crippen LogP contribution in [0.3, 0.4) is 0 Å². The van der Waals surface area contributed by atoms with Crippen molar-refractivity contribution in [1.29, 1.82) is 0 Å². The monoisotopic (exact) mass is 591 g/mol. The average Bonchev–Trinajstić information content (AvgIpc) is 3.07. The third kappa shape index (κ3) is 8.52. The number of carbonyl (C=O) groups is 1. The maximum absolute atomic E-state index is 13.3. The molecule has 1 fully saturated rings. The Balaban J connectivity index is 1.48. The lowest BCUT2D eigenvalue weighted by Gasteiger charge is -2.50. The molecule has 4 aromatic carbocycles. The molecule has 0 radical (unpaired) electrons. The number of piperidine rings is 1. The van der Waals surface area contributed by atoms with Crippen LogP contribution in [0.25, 0.3) is 0 Å². The highest BCUT2D eigenvalue weighted by Gasteiger charge is 2.49. The zero-order valence-corrected chi connectivity index (χ0v) is 25.2. The molecule has 1 aliphatic rings. The van der Waals surface area contributed by atoms with E-state index in [9.17, 15) is 4.79 Å². The average molecular weight is 592 g/mol. The third-order valence-electron chi connectivity index (χ3n) is 7.90. The second-order valence-corrected chi connectivity index (χ2v) is 11.0. The van der Waals surface area contributed by atoms with Crippen molar-refractivity contribution in [2.45, 2.75) is 63.8 Å². The Hall–Kier alpha value is -4.07. The van der Waals surface area contributed by atoms with Crippen molar-refractivity contribution in [2.75, 3.05) is 6.54 Å². The summed E-state index contributed by atoms with van der Waals surface area (Å²) >= 11 is 0. The maximum Gasteiger partial charge on any atom is 0.219 e. The van der Waals surface area contributed by atoms with E-state index in [1.54, 1.807) is 13.0 Å². The van der Waals surface area contributed by atoms with Gasteiger partial charge in [0.25, 0.3) is 0 Å². The van der Waals surface area contributed by atoms with E-state index < -0.39 is 30.5 Å². The Morgan fingerprint density at radius 1 is 0.682 bits per heavy atom. The van der Waals surface area contributed by atoms with Gasteiger partial charge in [0.05, 0.1) is 45.1 Å². The summed E-state index contributed by atoms with van der Waals surface area (Å²) in [5.74, 6) is -0.0895. The van der Waals surface area contributed by atoms with E-state index in [2.05, 4.69) is 6.58 Å². The molecule has 0 spiro atoms. The first-order valence-electron chi connectivity index (χ1n) is 15.1. The molecule has 5 atom stereocenters. The number of rotatable bonds is 14. The Labute approximate surface area is 260 Å². The van der Waals surface area contributed by atoms with Crippen LogP contribution in [0.4, 0.5) is 0 Å². The molecule has 0 aliphatic carbocycles. The minimum atomic E-state index is -0.573. The fourth-order valence-electron chi connectivity index (χ4n) is 5.63. The number of ether oxygens (including phenoxy) is 4. The molecular formula is C38H41NO5. The van der Waals surface area contributed by atoms with E-state index in [4.69, 9.17) is 18.9 Å². The van der Waals surface area contributed by atoms with E-state index in [0.717, 1.165) is 22.3 Å². The molecular weight excluding hydrogens is 550 g/mol. The van der Waals surface area contributed by atoms with Gasteiger partial charge in [-0.15, -0.1) is 6.58 Å². The first kappa shape index (κ1) is 31.4. The zero-order chi connectivity index (χ0) is 30.6. The second kappa shape index (κ2) is 16.1. The van der Waals surface area contributed by atoms with Crippen LogP contribution in [0.15, 0.2) is 134 Å². The van der Waals surface area contributed by atoms with Crippen LogP contribution < -0.4 is 0 Å². The normalized spacial score (nSPS) is 20.6. The molecule has 44 heavy (non-hydrogen) atoms. The van der Waals surface area contributed by atoms with Crippen molar-refractivity contribution in [1.82, 2.24) is 4.90 Å². The third-order valence-corrected chi connectivity index (χ3v) is 7.90. The fourth-order valence-corrected chi connectivity index (χ4v) is 5.63. The molecule has 1 amide bonds. The van der Waals surface area contributed by atoms with Crippen LogP contribution in [0.5, 0.6) is 0 Å². The molecule has 0 bridgehead atoms. The van der Waals surface area contributed by atoms with Gasteiger partial charge in [0.2, 0.25) is 5.91 Å². The molecule has 6 nitrogen and oxygen atoms in total. The minimum Gasteiger partial charge on any atom is -0.369 e. The number of hydrogen-bond donors (Lipinski definition) is 0. The molecule has 0 aromatic heterocycles. The number of benzene rings is 4. The van der Waals surface area contributed by atoms with Gasteiger partial charge in [0.1, 0.15) is 18.3 Å². The smallest absolute Gasteiger partial charge is 0.219 e. The molecule has 4 aromatic rings. The van der Waals surface area contributed by atoms with Gasteiger partial charge in [-0.3, -0.25) is 4.79 Å². The molecule has 6 heteroatoms. The van der Waals surface area contributed by atoms with E-state index in [0.29, 0.717) is 33.0 Å². The number of carbonyl (C=O) groups excluding carboxylic acids is 1. The van der Waals surface area contributed by atoms with Crippen molar-refractivity contribution in [3.8, 4) is 0 Å². The van der Waals surface area contributed by atoms with E-state index in [1.165, 1.54) is 0 Å². The Morgan fingerprint density at radius 3 is 1.52 bits per heavy atom. The first-order chi connectivity index (χ1) is 21.6. The van der Waals surface area contributed by atoms with Crippen molar-refractivity contribution in [2.24, 2.45) is 0 Å². The van der Waals surface area contributed by atoms with E-state index in [-0.39, 0.29) is 5.91 Å². The van der Waals surface area contributed by atoms with Crippen LogP contribution in [-0.2, 0) is 50.2 Å². The number of nitrogens with zero attached hydrogens (tertiary/aromatic N) is 1. The van der Waals surface area contributed by atoms with Gasteiger partial charge in [-0.05, 0) is 22.3 Å². The Kier molecular flexibility index (Phi) is 11.5. The van der Waals surface area contributed by atoms with Crippen LogP contribution in [-0.4, -0.2) is 47.8 Å². The van der Waals surface area contributed by atoms with Gasteiger partial charge >= 0.3 is 0 Å². The summed E-state index contributed by atoms with van der Waals surface area (Å²) < 4.78 is 26.5. The maximum atomic E-state index is 13.3. The highest BCUT2D eigenvalue weighted by Crippen LogP contribution is 2.32. The van der Waals surface area contributed by atoms with Gasteiger partial charge < -0.3 is 23.8 Å². The summed E-state index contributed by atoms with van der Waals surface area (Å²) in [5.41, 5.74) is 4.15.